The van der Waals surface area contributed by atoms with Crippen molar-refractivity contribution in [1.29, 1.82) is 5.26 Å². The molecule has 112 valence electrons. The molecule has 1 aliphatic carbocycles. The number of aliphatic imine (C=N–C) groups is 1. The number of nitrogens with zero attached hydrogens (tertiary/aromatic N) is 2. The van der Waals surface area contributed by atoms with Crippen molar-refractivity contribution in [2.45, 2.75) is 33.6 Å². The predicted octanol–water partition coefficient (Wildman–Crippen LogP) is 2.04. The number of nitrogens with two attached hydrogens (primary N) is 1. The Morgan fingerprint density at radius 3 is 2.76 bits per heavy atom. The number of nitriles is 1. The Balaban J connectivity index is 2.40. The van der Waals surface area contributed by atoms with E-state index in [4.69, 9.17) is 5.73 Å². The predicted molar refractivity (Wildman–Crippen MR) is 82.4 cm³/mol. The third-order valence-electron chi connectivity index (χ3n) is 3.86. The molecule has 5 nitrogen and oxygen atoms in total. The molecule has 21 heavy (non-hydrogen) atoms. The summed E-state index contributed by atoms with van der Waals surface area (Å²) in [5.41, 5.74) is 6.53. The fraction of sp³-hybridized carbons (Fsp3) is 0.600. The molecule has 0 aromatic carbocycles. The van der Waals surface area contributed by atoms with Gasteiger partial charge in [0.15, 0.2) is 5.78 Å². The third kappa shape index (κ3) is 3.18. The number of carbonyl (C=O) groups excluding carboxylic acids is 2. The summed E-state index contributed by atoms with van der Waals surface area (Å²) in [6.45, 7) is 5.97. The molecule has 2 atom stereocenters. The van der Waals surface area contributed by atoms with E-state index in [9.17, 15) is 14.9 Å². The second kappa shape index (κ2) is 5.64. The number of ketones is 1. The standard InChI is InChI=1S/C15H19N3O2S/c1-8-9(6-16)14(21-7-12(17)20)18-10-4-15(2,3)5-11(19)13(8)10/h8-9H,4-5,7H2,1-3H3,(H2,17,20)/t8-,9?/m0/s1. The molecule has 0 radical (unpaired) electrons. The van der Waals surface area contributed by atoms with Crippen LogP contribution in [0.2, 0.25) is 0 Å². The lowest BCUT2D eigenvalue weighted by Crippen LogP contribution is -2.35. The fourth-order valence-electron chi connectivity index (χ4n) is 2.94. The van der Waals surface area contributed by atoms with Gasteiger partial charge in [0.25, 0.3) is 0 Å². The number of allylic oxidation sites excluding steroid dienone is 2. The first-order valence-electron chi connectivity index (χ1n) is 6.91. The monoisotopic (exact) mass is 305 g/mol. The minimum atomic E-state index is -0.474. The number of rotatable bonds is 2. The molecule has 1 amide bonds. The van der Waals surface area contributed by atoms with Gasteiger partial charge in [-0.25, -0.2) is 4.99 Å². The van der Waals surface area contributed by atoms with Gasteiger partial charge in [-0.05, 0) is 11.8 Å². The van der Waals surface area contributed by atoms with Gasteiger partial charge >= 0.3 is 0 Å². The topological polar surface area (TPSA) is 96.3 Å². The van der Waals surface area contributed by atoms with Gasteiger partial charge in [0.1, 0.15) is 5.92 Å². The fourth-order valence-corrected chi connectivity index (χ4v) is 3.84. The van der Waals surface area contributed by atoms with Crippen LogP contribution in [-0.2, 0) is 9.59 Å². The summed E-state index contributed by atoms with van der Waals surface area (Å²) in [4.78, 5) is 27.9. The van der Waals surface area contributed by atoms with Crippen molar-refractivity contribution in [3.8, 4) is 6.07 Å². The van der Waals surface area contributed by atoms with Crippen LogP contribution < -0.4 is 5.73 Å². The highest BCUT2D eigenvalue weighted by molar-refractivity contribution is 8.14. The highest BCUT2D eigenvalue weighted by Crippen LogP contribution is 2.44. The van der Waals surface area contributed by atoms with E-state index < -0.39 is 11.8 Å². The number of amides is 1. The van der Waals surface area contributed by atoms with E-state index in [0.29, 0.717) is 17.0 Å². The molecule has 0 fully saturated rings. The SMILES string of the molecule is C[C@@H]1C2=C(CC(C)(C)CC2=O)N=C(SCC(N)=O)C1C#N. The minimum absolute atomic E-state index is 0.0942. The third-order valence-corrected chi connectivity index (χ3v) is 4.93. The van der Waals surface area contributed by atoms with Crippen molar-refractivity contribution >= 4 is 28.5 Å². The van der Waals surface area contributed by atoms with Gasteiger partial charge in [-0.15, -0.1) is 0 Å². The number of hydrogen-bond acceptors (Lipinski definition) is 5. The van der Waals surface area contributed by atoms with E-state index in [1.165, 1.54) is 11.8 Å². The molecular formula is C15H19N3O2S. The molecule has 0 aromatic rings. The van der Waals surface area contributed by atoms with Crippen molar-refractivity contribution in [1.82, 2.24) is 0 Å². The first-order valence-corrected chi connectivity index (χ1v) is 7.89. The quantitative estimate of drug-likeness (QED) is 0.844. The van der Waals surface area contributed by atoms with E-state index in [0.717, 1.165) is 12.1 Å². The van der Waals surface area contributed by atoms with Crippen LogP contribution in [-0.4, -0.2) is 22.5 Å². The average Bonchev–Trinajstić information content (AvgIpc) is 2.33. The summed E-state index contributed by atoms with van der Waals surface area (Å²) < 4.78 is 0. The summed E-state index contributed by atoms with van der Waals surface area (Å²) in [5.74, 6) is -0.896. The lowest BCUT2D eigenvalue weighted by Gasteiger charge is -2.36. The zero-order valence-corrected chi connectivity index (χ0v) is 13.3. The Labute approximate surface area is 128 Å². The van der Waals surface area contributed by atoms with Gasteiger partial charge in [-0.3, -0.25) is 9.59 Å². The lowest BCUT2D eigenvalue weighted by atomic mass is 9.70. The van der Waals surface area contributed by atoms with Crippen molar-refractivity contribution in [2.24, 2.45) is 28.0 Å². The maximum absolute atomic E-state index is 12.4. The first-order chi connectivity index (χ1) is 9.75. The number of primary amides is 1. The van der Waals surface area contributed by atoms with Crippen LogP contribution in [0.3, 0.4) is 0 Å². The normalized spacial score (nSPS) is 27.7. The van der Waals surface area contributed by atoms with E-state index in [2.05, 4.69) is 11.1 Å². The van der Waals surface area contributed by atoms with Crippen LogP contribution in [0.5, 0.6) is 0 Å². The van der Waals surface area contributed by atoms with Crippen LogP contribution in [0.4, 0.5) is 0 Å². The molecule has 1 unspecified atom stereocenters. The molecule has 2 aliphatic rings. The number of thioether (sulfide) groups is 1. The maximum Gasteiger partial charge on any atom is 0.227 e. The molecule has 0 spiro atoms. The minimum Gasteiger partial charge on any atom is -0.369 e. The van der Waals surface area contributed by atoms with Gasteiger partial charge in [0, 0.05) is 23.6 Å². The van der Waals surface area contributed by atoms with Gasteiger partial charge in [0.2, 0.25) is 5.91 Å². The summed E-state index contributed by atoms with van der Waals surface area (Å²) >= 11 is 1.21. The zero-order chi connectivity index (χ0) is 15.8. The molecule has 2 rings (SSSR count). The Bertz CT molecular complexity index is 599. The molecule has 0 saturated carbocycles. The van der Waals surface area contributed by atoms with Crippen LogP contribution in [0.15, 0.2) is 16.3 Å². The van der Waals surface area contributed by atoms with Crippen LogP contribution in [0.1, 0.15) is 33.6 Å². The maximum atomic E-state index is 12.4. The molecule has 2 N–H and O–H groups in total. The summed E-state index contributed by atoms with van der Waals surface area (Å²) in [7, 11) is 0. The molecule has 0 aromatic heterocycles. The highest BCUT2D eigenvalue weighted by atomic mass is 32.2. The molecule has 1 aliphatic heterocycles. The molecule has 0 bridgehead atoms. The van der Waals surface area contributed by atoms with Gasteiger partial charge < -0.3 is 5.73 Å². The second-order valence-electron chi connectivity index (χ2n) is 6.40. The largest absolute Gasteiger partial charge is 0.369 e. The second-order valence-corrected chi connectivity index (χ2v) is 7.40. The van der Waals surface area contributed by atoms with E-state index in [1.54, 1.807) is 0 Å². The van der Waals surface area contributed by atoms with E-state index >= 15 is 0 Å². The lowest BCUT2D eigenvalue weighted by molar-refractivity contribution is -0.119. The Hall–Kier alpha value is -1.61. The Kier molecular flexibility index (Phi) is 4.24. The average molecular weight is 305 g/mol. The number of Topliss-reactive ketones (excluding diaryl/α,β-unsaturated/α-hetero) is 1. The highest BCUT2D eigenvalue weighted by Gasteiger charge is 2.41. The number of carbonyl (C=O) groups is 2. The van der Waals surface area contributed by atoms with Crippen LogP contribution in [0.25, 0.3) is 0 Å². The van der Waals surface area contributed by atoms with Crippen LogP contribution >= 0.6 is 11.8 Å². The van der Waals surface area contributed by atoms with Crippen LogP contribution in [0, 0.1) is 28.6 Å². The molecular weight excluding hydrogens is 286 g/mol. The summed E-state index contributed by atoms with van der Waals surface area (Å²) in [6, 6.07) is 2.21. The first kappa shape index (κ1) is 15.8. The van der Waals surface area contributed by atoms with Crippen molar-refractivity contribution in [2.75, 3.05) is 5.75 Å². The summed E-state index contributed by atoms with van der Waals surface area (Å²) in [5, 5.41) is 9.99. The molecule has 0 saturated heterocycles. The van der Waals surface area contributed by atoms with Crippen molar-refractivity contribution in [3.63, 3.8) is 0 Å². The van der Waals surface area contributed by atoms with Gasteiger partial charge in [-0.1, -0.05) is 32.5 Å². The Morgan fingerprint density at radius 1 is 1.52 bits per heavy atom. The van der Waals surface area contributed by atoms with Crippen molar-refractivity contribution in [3.05, 3.63) is 11.3 Å². The van der Waals surface area contributed by atoms with E-state index in [1.807, 2.05) is 20.8 Å². The van der Waals surface area contributed by atoms with E-state index in [-0.39, 0.29) is 22.9 Å². The molecule has 6 heteroatoms. The smallest absolute Gasteiger partial charge is 0.227 e. The van der Waals surface area contributed by atoms with Gasteiger partial charge in [-0.2, -0.15) is 5.26 Å². The molecule has 1 heterocycles. The van der Waals surface area contributed by atoms with Crippen molar-refractivity contribution < 1.29 is 9.59 Å². The zero-order valence-electron chi connectivity index (χ0n) is 12.5. The van der Waals surface area contributed by atoms with Gasteiger partial charge in [0.05, 0.1) is 16.9 Å². The summed E-state index contributed by atoms with van der Waals surface area (Å²) in [6.07, 6.45) is 1.21. The number of hydrogen-bond donors (Lipinski definition) is 1. The Morgan fingerprint density at radius 2 is 2.19 bits per heavy atom.